The van der Waals surface area contributed by atoms with Crippen molar-refractivity contribution in [2.75, 3.05) is 5.32 Å². The molecule has 1 aromatic carbocycles. The van der Waals surface area contributed by atoms with Gasteiger partial charge >= 0.3 is 0 Å². The van der Waals surface area contributed by atoms with E-state index in [1.165, 1.54) is 16.9 Å². The first-order valence-electron chi connectivity index (χ1n) is 6.85. The highest BCUT2D eigenvalue weighted by molar-refractivity contribution is 5.60. The number of fused-ring (bicyclic) bond motifs is 5. The molecule has 3 nitrogen and oxygen atoms in total. The number of aliphatic hydroxyl groups is 1. The van der Waals surface area contributed by atoms with E-state index in [1.54, 1.807) is 0 Å². The fraction of sp³-hybridized carbons (Fsp3) is 0.312. The lowest BCUT2D eigenvalue weighted by atomic mass is 9.87. The van der Waals surface area contributed by atoms with Gasteiger partial charge in [0, 0.05) is 29.7 Å². The van der Waals surface area contributed by atoms with E-state index in [-0.39, 0.29) is 23.6 Å². The number of aliphatic hydroxyl groups excluding tert-OH is 1. The molecular formula is C16H17BrN2O. The highest BCUT2D eigenvalue weighted by Crippen LogP contribution is 2.46. The first kappa shape index (κ1) is 13.6. The number of halogens is 1. The van der Waals surface area contributed by atoms with Gasteiger partial charge in [0.25, 0.3) is 0 Å². The highest BCUT2D eigenvalue weighted by atomic mass is 79.9. The molecule has 0 radical (unpaired) electrons. The molecule has 0 saturated carbocycles. The summed E-state index contributed by atoms with van der Waals surface area (Å²) in [5, 5.41) is 12.9. The molecule has 2 aliphatic rings. The van der Waals surface area contributed by atoms with Crippen LogP contribution in [0.2, 0.25) is 0 Å². The molecule has 2 unspecified atom stereocenters. The number of aryl methyl sites for hydroxylation is 1. The summed E-state index contributed by atoms with van der Waals surface area (Å²) >= 11 is 0. The van der Waals surface area contributed by atoms with Crippen LogP contribution in [0, 0.1) is 0 Å². The molecule has 2 atom stereocenters. The van der Waals surface area contributed by atoms with E-state index in [1.807, 2.05) is 6.07 Å². The molecule has 0 spiro atoms. The highest BCUT2D eigenvalue weighted by Gasteiger charge is 2.41. The summed E-state index contributed by atoms with van der Waals surface area (Å²) in [5.41, 5.74) is 5.03. The fourth-order valence-electron chi connectivity index (χ4n) is 3.46. The number of anilines is 1. The van der Waals surface area contributed by atoms with Gasteiger partial charge < -0.3 is 27.4 Å². The van der Waals surface area contributed by atoms with Crippen LogP contribution < -0.4 is 26.9 Å². The third-order valence-electron chi connectivity index (χ3n) is 4.38. The van der Waals surface area contributed by atoms with Crippen molar-refractivity contribution in [2.45, 2.75) is 31.5 Å². The zero-order valence-electron chi connectivity index (χ0n) is 11.1. The Bertz CT molecular complexity index is 644. The van der Waals surface area contributed by atoms with E-state index in [9.17, 15) is 5.11 Å². The SMILES string of the molecule is OCc1ccc2[n+](c1)CCC1c3ccccc3NC21.[Br-]. The number of benzene rings is 1. The van der Waals surface area contributed by atoms with E-state index in [0.29, 0.717) is 12.0 Å². The van der Waals surface area contributed by atoms with Crippen LogP contribution in [0.3, 0.4) is 0 Å². The molecule has 0 aliphatic carbocycles. The molecule has 4 rings (SSSR count). The average Bonchev–Trinajstić information content (AvgIpc) is 2.85. The molecule has 0 amide bonds. The molecule has 0 bridgehead atoms. The van der Waals surface area contributed by atoms with Crippen molar-refractivity contribution in [1.82, 2.24) is 0 Å². The molecule has 0 saturated heterocycles. The van der Waals surface area contributed by atoms with Crippen molar-refractivity contribution in [3.63, 3.8) is 0 Å². The van der Waals surface area contributed by atoms with E-state index < -0.39 is 0 Å². The molecule has 2 aliphatic heterocycles. The average molecular weight is 333 g/mol. The number of nitrogens with zero attached hydrogens (tertiary/aromatic N) is 1. The van der Waals surface area contributed by atoms with Crippen LogP contribution >= 0.6 is 0 Å². The topological polar surface area (TPSA) is 36.1 Å². The van der Waals surface area contributed by atoms with Crippen molar-refractivity contribution in [2.24, 2.45) is 0 Å². The van der Waals surface area contributed by atoms with Gasteiger partial charge in [0.05, 0.1) is 6.61 Å². The Morgan fingerprint density at radius 2 is 2.05 bits per heavy atom. The van der Waals surface area contributed by atoms with Crippen LogP contribution in [0.5, 0.6) is 0 Å². The molecular weight excluding hydrogens is 316 g/mol. The predicted molar refractivity (Wildman–Crippen MR) is 72.7 cm³/mol. The Balaban J connectivity index is 0.00000121. The largest absolute Gasteiger partial charge is 1.00 e. The van der Waals surface area contributed by atoms with Crippen molar-refractivity contribution < 1.29 is 26.7 Å². The van der Waals surface area contributed by atoms with Crippen LogP contribution in [0.25, 0.3) is 0 Å². The third kappa shape index (κ3) is 1.95. The number of rotatable bonds is 1. The zero-order chi connectivity index (χ0) is 12.8. The van der Waals surface area contributed by atoms with Crippen molar-refractivity contribution in [1.29, 1.82) is 0 Å². The summed E-state index contributed by atoms with van der Waals surface area (Å²) in [5.74, 6) is 0.580. The first-order chi connectivity index (χ1) is 9.36. The van der Waals surface area contributed by atoms with Crippen molar-refractivity contribution in [3.05, 3.63) is 59.4 Å². The summed E-state index contributed by atoms with van der Waals surface area (Å²) in [4.78, 5) is 0. The van der Waals surface area contributed by atoms with Crippen LogP contribution in [0.4, 0.5) is 5.69 Å². The molecule has 4 heteroatoms. The van der Waals surface area contributed by atoms with Gasteiger partial charge in [-0.2, -0.15) is 0 Å². The summed E-state index contributed by atoms with van der Waals surface area (Å²) < 4.78 is 2.28. The van der Waals surface area contributed by atoms with Gasteiger partial charge in [-0.15, -0.1) is 0 Å². The second-order valence-corrected chi connectivity index (χ2v) is 5.42. The standard InChI is InChI=1S/C16H17N2O.BrH/c19-10-11-5-6-15-16-13(7-8-18(15)9-11)12-3-1-2-4-14(12)17-16;/h1-6,9,13,16-17,19H,7-8,10H2;1H/q+1;/p-1. The van der Waals surface area contributed by atoms with Crippen molar-refractivity contribution in [3.8, 4) is 0 Å². The Morgan fingerprint density at radius 3 is 2.90 bits per heavy atom. The predicted octanol–water partition coefficient (Wildman–Crippen LogP) is -0.875. The minimum atomic E-state index is 0. The van der Waals surface area contributed by atoms with Gasteiger partial charge in [0.15, 0.2) is 6.20 Å². The smallest absolute Gasteiger partial charge is 0.204 e. The maximum absolute atomic E-state index is 9.24. The van der Waals surface area contributed by atoms with Gasteiger partial charge in [0.2, 0.25) is 5.69 Å². The van der Waals surface area contributed by atoms with Gasteiger partial charge in [-0.3, -0.25) is 0 Å². The number of nitrogens with one attached hydrogen (secondary N) is 1. The van der Waals surface area contributed by atoms with Gasteiger partial charge in [-0.05, 0) is 17.7 Å². The lowest BCUT2D eigenvalue weighted by molar-refractivity contribution is -0.711. The van der Waals surface area contributed by atoms with E-state index >= 15 is 0 Å². The summed E-state index contributed by atoms with van der Waals surface area (Å²) in [6.45, 7) is 1.14. The maximum atomic E-state index is 9.24. The molecule has 104 valence electrons. The zero-order valence-corrected chi connectivity index (χ0v) is 12.7. The second-order valence-electron chi connectivity index (χ2n) is 5.42. The Labute approximate surface area is 129 Å². The number of para-hydroxylation sites is 1. The van der Waals surface area contributed by atoms with Gasteiger partial charge in [-0.25, -0.2) is 4.57 Å². The Hall–Kier alpha value is -1.39. The van der Waals surface area contributed by atoms with Crippen LogP contribution in [-0.2, 0) is 13.2 Å². The normalized spacial score (nSPS) is 22.1. The third-order valence-corrected chi connectivity index (χ3v) is 4.38. The minimum Gasteiger partial charge on any atom is -1.00 e. The Kier molecular flexibility index (Phi) is 3.52. The number of hydrogen-bond donors (Lipinski definition) is 2. The molecule has 2 N–H and O–H groups in total. The summed E-state index contributed by atoms with van der Waals surface area (Å²) in [6.07, 6.45) is 3.23. The Morgan fingerprint density at radius 1 is 1.20 bits per heavy atom. The van der Waals surface area contributed by atoms with Crippen LogP contribution in [-0.4, -0.2) is 5.11 Å². The quantitative estimate of drug-likeness (QED) is 0.666. The summed E-state index contributed by atoms with van der Waals surface area (Å²) in [7, 11) is 0. The lowest BCUT2D eigenvalue weighted by Gasteiger charge is -2.23. The lowest BCUT2D eigenvalue weighted by Crippen LogP contribution is -3.00. The fourth-order valence-corrected chi connectivity index (χ4v) is 3.46. The summed E-state index contributed by atoms with van der Waals surface area (Å²) in [6, 6.07) is 13.2. The maximum Gasteiger partial charge on any atom is 0.204 e. The monoisotopic (exact) mass is 332 g/mol. The molecule has 3 heterocycles. The molecule has 0 fully saturated rings. The van der Waals surface area contributed by atoms with E-state index in [0.717, 1.165) is 18.5 Å². The van der Waals surface area contributed by atoms with Crippen molar-refractivity contribution >= 4 is 5.69 Å². The number of pyridine rings is 1. The molecule has 2 aromatic rings. The van der Waals surface area contributed by atoms with E-state index in [2.05, 4.69) is 46.4 Å². The second kappa shape index (κ2) is 5.19. The van der Waals surface area contributed by atoms with Gasteiger partial charge in [0.1, 0.15) is 12.6 Å². The minimum absolute atomic E-state index is 0. The molecule has 1 aromatic heterocycles. The molecule has 20 heavy (non-hydrogen) atoms. The van der Waals surface area contributed by atoms with Crippen LogP contribution in [0.15, 0.2) is 42.6 Å². The van der Waals surface area contributed by atoms with Crippen LogP contribution in [0.1, 0.15) is 35.2 Å². The first-order valence-corrected chi connectivity index (χ1v) is 6.85. The number of hydrogen-bond acceptors (Lipinski definition) is 2. The van der Waals surface area contributed by atoms with Gasteiger partial charge in [-0.1, -0.05) is 18.2 Å². The van der Waals surface area contributed by atoms with E-state index in [4.69, 9.17) is 0 Å². The number of aromatic nitrogens is 1.